The first-order valence-corrected chi connectivity index (χ1v) is 11.9. The maximum Gasteiger partial charge on any atom is 0.573 e. The van der Waals surface area contributed by atoms with Crippen molar-refractivity contribution in [3.63, 3.8) is 0 Å². The van der Waals surface area contributed by atoms with Gasteiger partial charge < -0.3 is 25.2 Å². The predicted molar refractivity (Wildman–Crippen MR) is 133 cm³/mol. The van der Waals surface area contributed by atoms with Gasteiger partial charge >= 0.3 is 6.36 Å². The second-order valence-electron chi connectivity index (χ2n) is 8.46. The lowest BCUT2D eigenvalue weighted by molar-refractivity contribution is -0.274. The summed E-state index contributed by atoms with van der Waals surface area (Å²) >= 11 is 0. The number of ether oxygens (including phenoxy) is 2. The van der Waals surface area contributed by atoms with Crippen molar-refractivity contribution in [3.05, 3.63) is 60.0 Å². The number of H-pyrrole nitrogens is 2. The molecule has 37 heavy (non-hydrogen) atoms. The largest absolute Gasteiger partial charge is 0.573 e. The Balaban J connectivity index is 1.13. The maximum atomic E-state index is 12.5. The molecule has 0 saturated heterocycles. The second kappa shape index (κ2) is 12.6. The average molecular weight is 519 g/mol. The number of benzene rings is 2. The number of rotatable bonds is 14. The standard InChI is InChI=1S/C25H29F3N6O3/c26-25(27,28)37-21-8-17(7-18(9-21)16-35)12-29-3-1-2-5-36-6-4-30-23-10-19(20-13-31-32-14-20)11-24-22(23)15-33-34-24/h7-11,13-15,29-30,35H,1-6,12,16H2,(H,31,32)(H,33,34). The van der Waals surface area contributed by atoms with Gasteiger partial charge in [-0.2, -0.15) is 10.2 Å². The van der Waals surface area contributed by atoms with Crippen molar-refractivity contribution in [1.29, 1.82) is 0 Å². The van der Waals surface area contributed by atoms with Crippen molar-refractivity contribution in [3.8, 4) is 16.9 Å². The molecule has 4 aromatic rings. The minimum absolute atomic E-state index is 0.334. The van der Waals surface area contributed by atoms with Gasteiger partial charge in [0.25, 0.3) is 0 Å². The zero-order valence-electron chi connectivity index (χ0n) is 20.1. The van der Waals surface area contributed by atoms with E-state index in [1.165, 1.54) is 12.1 Å². The molecule has 0 aliphatic heterocycles. The lowest BCUT2D eigenvalue weighted by Gasteiger charge is -2.12. The Labute approximate surface area is 211 Å². The van der Waals surface area contributed by atoms with E-state index in [1.54, 1.807) is 18.5 Å². The average Bonchev–Trinajstić information content (AvgIpc) is 3.56. The highest BCUT2D eigenvalue weighted by molar-refractivity contribution is 5.95. The van der Waals surface area contributed by atoms with Gasteiger partial charge in [-0.3, -0.25) is 10.2 Å². The Bertz CT molecular complexity index is 1260. The number of halogens is 3. The van der Waals surface area contributed by atoms with Gasteiger partial charge in [0.15, 0.2) is 0 Å². The van der Waals surface area contributed by atoms with Crippen molar-refractivity contribution >= 4 is 16.6 Å². The molecule has 0 radical (unpaired) electrons. The van der Waals surface area contributed by atoms with E-state index < -0.39 is 6.36 Å². The molecular formula is C25H29F3N6O3. The van der Waals surface area contributed by atoms with Crippen LogP contribution in [0.4, 0.5) is 18.9 Å². The van der Waals surface area contributed by atoms with E-state index in [9.17, 15) is 18.3 Å². The van der Waals surface area contributed by atoms with Gasteiger partial charge in [0.1, 0.15) is 5.75 Å². The van der Waals surface area contributed by atoms with Gasteiger partial charge in [0, 0.05) is 42.5 Å². The van der Waals surface area contributed by atoms with Crippen LogP contribution in [-0.2, 0) is 17.9 Å². The Morgan fingerprint density at radius 2 is 1.78 bits per heavy atom. The molecule has 0 fully saturated rings. The maximum absolute atomic E-state index is 12.5. The summed E-state index contributed by atoms with van der Waals surface area (Å²) in [5, 5.41) is 30.9. The molecule has 9 nitrogen and oxygen atoms in total. The first-order chi connectivity index (χ1) is 17.9. The smallest absolute Gasteiger partial charge is 0.406 e. The highest BCUT2D eigenvalue weighted by Gasteiger charge is 2.31. The summed E-state index contributed by atoms with van der Waals surface area (Å²) < 4.78 is 47.2. The van der Waals surface area contributed by atoms with Crippen LogP contribution in [0, 0.1) is 0 Å². The van der Waals surface area contributed by atoms with E-state index in [-0.39, 0.29) is 12.4 Å². The van der Waals surface area contributed by atoms with E-state index >= 15 is 0 Å². The van der Waals surface area contributed by atoms with Crippen LogP contribution < -0.4 is 15.4 Å². The molecule has 2 aromatic carbocycles. The molecule has 12 heteroatoms. The van der Waals surface area contributed by atoms with Crippen molar-refractivity contribution in [1.82, 2.24) is 25.7 Å². The van der Waals surface area contributed by atoms with E-state index in [2.05, 4.69) is 41.8 Å². The Morgan fingerprint density at radius 3 is 2.57 bits per heavy atom. The molecule has 0 bridgehead atoms. The van der Waals surface area contributed by atoms with Gasteiger partial charge in [0.2, 0.25) is 0 Å². The zero-order chi connectivity index (χ0) is 26.1. The van der Waals surface area contributed by atoms with Crippen LogP contribution >= 0.6 is 0 Å². The van der Waals surface area contributed by atoms with Crippen molar-refractivity contribution in [2.24, 2.45) is 0 Å². The van der Waals surface area contributed by atoms with Gasteiger partial charge in [-0.25, -0.2) is 0 Å². The topological polar surface area (TPSA) is 120 Å². The van der Waals surface area contributed by atoms with Crippen molar-refractivity contribution in [2.45, 2.75) is 32.4 Å². The number of aromatic nitrogens is 4. The normalized spacial score (nSPS) is 11.8. The number of alkyl halides is 3. The van der Waals surface area contributed by atoms with Gasteiger partial charge in [-0.05, 0) is 60.3 Å². The third-order valence-electron chi connectivity index (χ3n) is 5.62. The second-order valence-corrected chi connectivity index (χ2v) is 8.46. The Kier molecular flexibility index (Phi) is 8.99. The zero-order valence-corrected chi connectivity index (χ0v) is 20.1. The van der Waals surface area contributed by atoms with Crippen LogP contribution in [0.25, 0.3) is 22.0 Å². The summed E-state index contributed by atoms with van der Waals surface area (Å²) in [5.74, 6) is -0.334. The quantitative estimate of drug-likeness (QED) is 0.158. The summed E-state index contributed by atoms with van der Waals surface area (Å²) in [4.78, 5) is 0. The number of aliphatic hydroxyl groups excluding tert-OH is 1. The lowest BCUT2D eigenvalue weighted by atomic mass is 10.1. The Morgan fingerprint density at radius 1 is 0.919 bits per heavy atom. The molecule has 0 atom stereocenters. The molecule has 0 aliphatic rings. The molecular weight excluding hydrogens is 489 g/mol. The summed E-state index contributed by atoms with van der Waals surface area (Å²) in [5.41, 5.74) is 4.87. The minimum Gasteiger partial charge on any atom is -0.406 e. The molecule has 198 valence electrons. The number of aliphatic hydroxyl groups is 1. The van der Waals surface area contributed by atoms with Crippen molar-refractivity contribution in [2.75, 3.05) is 31.6 Å². The molecule has 0 spiro atoms. The summed E-state index contributed by atoms with van der Waals surface area (Å²) in [6, 6.07) is 8.23. The fourth-order valence-corrected chi connectivity index (χ4v) is 3.93. The van der Waals surface area contributed by atoms with E-state index in [0.29, 0.717) is 44.0 Å². The number of unbranched alkanes of at least 4 members (excludes halogenated alkanes) is 1. The fraction of sp³-hybridized carbons (Fsp3) is 0.360. The van der Waals surface area contributed by atoms with Gasteiger partial charge in [-0.1, -0.05) is 6.07 Å². The number of hydrogen-bond donors (Lipinski definition) is 5. The first-order valence-electron chi connectivity index (χ1n) is 11.9. The molecule has 4 rings (SSSR count). The number of nitrogens with zero attached hydrogens (tertiary/aromatic N) is 2. The summed E-state index contributed by atoms with van der Waals surface area (Å²) in [6.45, 7) is 2.46. The molecule has 0 aliphatic carbocycles. The van der Waals surface area contributed by atoms with E-state index in [0.717, 1.165) is 40.6 Å². The third-order valence-corrected chi connectivity index (χ3v) is 5.62. The van der Waals surface area contributed by atoms with Crippen LogP contribution in [0.2, 0.25) is 0 Å². The molecule has 2 aromatic heterocycles. The van der Waals surface area contributed by atoms with Crippen LogP contribution in [0.3, 0.4) is 0 Å². The SMILES string of the molecule is OCc1cc(CNCCCCOCCNc2cc(-c3cn[nH]c3)cc3[nH]ncc23)cc(OC(F)(F)F)c1. The lowest BCUT2D eigenvalue weighted by Crippen LogP contribution is -2.18. The third kappa shape index (κ3) is 7.94. The van der Waals surface area contributed by atoms with Gasteiger partial charge in [0.05, 0.1) is 31.1 Å². The van der Waals surface area contributed by atoms with E-state index in [4.69, 9.17) is 4.74 Å². The highest BCUT2D eigenvalue weighted by Crippen LogP contribution is 2.29. The summed E-state index contributed by atoms with van der Waals surface area (Å²) in [6.07, 6.45) is 2.31. The fourth-order valence-electron chi connectivity index (χ4n) is 3.93. The monoisotopic (exact) mass is 518 g/mol. The molecule has 2 heterocycles. The number of hydrogen-bond acceptors (Lipinski definition) is 7. The molecule has 5 N–H and O–H groups in total. The number of fused-ring (bicyclic) bond motifs is 1. The molecule has 0 unspecified atom stereocenters. The first kappa shape index (κ1) is 26.5. The van der Waals surface area contributed by atoms with Crippen LogP contribution in [0.15, 0.2) is 48.9 Å². The predicted octanol–water partition coefficient (Wildman–Crippen LogP) is 4.34. The van der Waals surface area contributed by atoms with Crippen LogP contribution in [0.1, 0.15) is 24.0 Å². The number of aromatic amines is 2. The van der Waals surface area contributed by atoms with Gasteiger partial charge in [-0.15, -0.1) is 13.2 Å². The number of anilines is 1. The summed E-state index contributed by atoms with van der Waals surface area (Å²) in [7, 11) is 0. The van der Waals surface area contributed by atoms with E-state index in [1.807, 2.05) is 12.3 Å². The molecule has 0 amide bonds. The number of nitrogens with one attached hydrogen (secondary N) is 4. The van der Waals surface area contributed by atoms with Crippen LogP contribution in [-0.4, -0.2) is 58.2 Å². The Hall–Kier alpha value is -3.61. The van der Waals surface area contributed by atoms with Crippen molar-refractivity contribution < 1.29 is 27.8 Å². The minimum atomic E-state index is -4.77. The van der Waals surface area contributed by atoms with Crippen LogP contribution in [0.5, 0.6) is 5.75 Å². The highest BCUT2D eigenvalue weighted by atomic mass is 19.4. The molecule has 0 saturated carbocycles.